The van der Waals surface area contributed by atoms with E-state index >= 15 is 0 Å². The van der Waals surface area contributed by atoms with Crippen molar-refractivity contribution < 1.29 is 34.1 Å². The number of nitrogens with zero attached hydrogens (tertiary/aromatic N) is 5. The van der Waals surface area contributed by atoms with Crippen LogP contribution in [0.25, 0.3) is 33.6 Å². The molecule has 15 nitrogen and oxygen atoms in total. The van der Waals surface area contributed by atoms with Gasteiger partial charge in [0.1, 0.15) is 29.8 Å². The predicted molar refractivity (Wildman–Crippen MR) is 204 cm³/mol. The van der Waals surface area contributed by atoms with E-state index in [0.717, 1.165) is 51.4 Å². The minimum absolute atomic E-state index is 0.116. The molecule has 2 fully saturated rings. The molecular formula is C40H50N8O7. The maximum Gasteiger partial charge on any atom is 0.407 e. The third-order valence-electron chi connectivity index (χ3n) is 10.7. The van der Waals surface area contributed by atoms with E-state index in [9.17, 15) is 29.4 Å². The van der Waals surface area contributed by atoms with Crippen LogP contribution in [0.3, 0.4) is 0 Å². The van der Waals surface area contributed by atoms with Crippen LogP contribution in [0.15, 0.2) is 60.9 Å². The average molecular weight is 755 g/mol. The summed E-state index contributed by atoms with van der Waals surface area (Å²) in [6.45, 7) is 8.26. The number of amides is 4. The van der Waals surface area contributed by atoms with Gasteiger partial charge in [0.05, 0.1) is 43.0 Å². The summed E-state index contributed by atoms with van der Waals surface area (Å²) in [7, 11) is 2.67. The molecule has 0 bridgehead atoms. The normalized spacial score (nSPS) is 19.5. The monoisotopic (exact) mass is 754 g/mol. The highest BCUT2D eigenvalue weighted by Crippen LogP contribution is 2.35. The number of aliphatic hydroxyl groups is 1. The van der Waals surface area contributed by atoms with Gasteiger partial charge in [-0.3, -0.25) is 14.5 Å². The van der Waals surface area contributed by atoms with E-state index in [1.54, 1.807) is 31.1 Å². The number of nitrogens with one attached hydrogen (secondary N) is 3. The van der Waals surface area contributed by atoms with Crippen molar-refractivity contribution in [3.8, 4) is 33.6 Å². The van der Waals surface area contributed by atoms with Gasteiger partial charge in [-0.1, -0.05) is 76.2 Å². The van der Waals surface area contributed by atoms with Crippen LogP contribution < -0.4 is 5.32 Å². The Balaban J connectivity index is 1.13. The van der Waals surface area contributed by atoms with Crippen molar-refractivity contribution in [2.24, 2.45) is 11.8 Å². The lowest BCUT2D eigenvalue weighted by Gasteiger charge is -2.34. The van der Waals surface area contributed by atoms with Crippen LogP contribution in [0.5, 0.6) is 0 Å². The Labute approximate surface area is 320 Å². The molecule has 4 amide bonds. The summed E-state index contributed by atoms with van der Waals surface area (Å²) >= 11 is 0. The number of aromatic amines is 2. The zero-order valence-electron chi connectivity index (χ0n) is 32.0. The molecule has 1 unspecified atom stereocenters. The number of ether oxygens (including phenoxy) is 1. The first kappa shape index (κ1) is 39.0. The number of benzene rings is 2. The van der Waals surface area contributed by atoms with Crippen molar-refractivity contribution in [2.75, 3.05) is 27.2 Å². The fraction of sp³-hybridized carbons (Fsp3) is 0.450. The summed E-state index contributed by atoms with van der Waals surface area (Å²) in [6.07, 6.45) is 2.75. The lowest BCUT2D eigenvalue weighted by Crippen LogP contribution is -2.52. The van der Waals surface area contributed by atoms with E-state index in [4.69, 9.17) is 4.74 Å². The van der Waals surface area contributed by atoms with Crippen LogP contribution in [-0.2, 0) is 14.3 Å². The number of hydrogen-bond acceptors (Lipinski definition) is 8. The van der Waals surface area contributed by atoms with Crippen LogP contribution in [0, 0.1) is 11.8 Å². The first-order chi connectivity index (χ1) is 26.3. The number of aromatic nitrogens is 4. The van der Waals surface area contributed by atoms with Gasteiger partial charge >= 0.3 is 12.2 Å². The highest BCUT2D eigenvalue weighted by atomic mass is 16.5. The minimum Gasteiger partial charge on any atom is -0.465 e. The van der Waals surface area contributed by atoms with Gasteiger partial charge in [0.25, 0.3) is 0 Å². The summed E-state index contributed by atoms with van der Waals surface area (Å²) in [5.41, 5.74) is 5.40. The molecule has 2 aliphatic rings. The smallest absolute Gasteiger partial charge is 0.407 e. The summed E-state index contributed by atoms with van der Waals surface area (Å²) in [4.78, 5) is 71.0. The van der Waals surface area contributed by atoms with Gasteiger partial charge in [0.2, 0.25) is 11.8 Å². The summed E-state index contributed by atoms with van der Waals surface area (Å²) in [5.74, 6) is 0.253. The number of likely N-dealkylation sites (N-methyl/N-ethyl adjacent to an activating group) is 1. The molecule has 0 saturated carbocycles. The number of carbonyl (C=O) groups is 4. The van der Waals surface area contributed by atoms with Crippen LogP contribution in [0.2, 0.25) is 0 Å². The number of hydrogen-bond donors (Lipinski definition) is 5. The molecule has 0 aliphatic carbocycles. The zero-order valence-corrected chi connectivity index (χ0v) is 32.0. The molecule has 2 aliphatic heterocycles. The molecule has 2 aromatic carbocycles. The zero-order chi connectivity index (χ0) is 39.6. The van der Waals surface area contributed by atoms with E-state index in [1.807, 2.05) is 62.4 Å². The highest BCUT2D eigenvalue weighted by Gasteiger charge is 2.44. The van der Waals surface area contributed by atoms with Gasteiger partial charge in [-0.05, 0) is 53.4 Å². The van der Waals surface area contributed by atoms with Crippen LogP contribution in [0.4, 0.5) is 9.59 Å². The average Bonchev–Trinajstić information content (AvgIpc) is 4.00. The summed E-state index contributed by atoms with van der Waals surface area (Å²) in [6, 6.07) is 13.6. The van der Waals surface area contributed by atoms with Gasteiger partial charge in [-0.25, -0.2) is 19.6 Å². The molecule has 6 rings (SSSR count). The molecule has 0 radical (unpaired) electrons. The standard InChI is InChI=1S/C40H50N8O7/c1-22(2)32(45-39(52)55-6)37(50)47-18-7-8-30(47)35-41-20-28(43-35)26-13-9-24(10-14-26)25-11-15-27(16-12-25)29-21-42-36(44-29)34-31(49)17-19-48(34)38(51)33(23(3)4)46(5)40(53)54/h9-16,20-23,30-34,49H,7-8,17-19H2,1-6H3,(H,41,43)(H,42,44)(H,45,52)(H,53,54)/t30-,31?,32-,33-,34-/m0/s1. The lowest BCUT2D eigenvalue weighted by atomic mass is 10.0. The van der Waals surface area contributed by atoms with Crippen LogP contribution in [-0.4, -0.2) is 114 Å². The number of likely N-dealkylation sites (tertiary alicyclic amines) is 2. The summed E-state index contributed by atoms with van der Waals surface area (Å²) < 4.78 is 4.74. The van der Waals surface area contributed by atoms with Crippen molar-refractivity contribution in [1.82, 2.24) is 40.0 Å². The Hall–Kier alpha value is -5.70. The number of rotatable bonds is 11. The molecular weight excluding hydrogens is 704 g/mol. The van der Waals surface area contributed by atoms with Gasteiger partial charge in [0, 0.05) is 20.1 Å². The van der Waals surface area contributed by atoms with E-state index in [2.05, 4.69) is 25.3 Å². The first-order valence-electron chi connectivity index (χ1n) is 18.7. The van der Waals surface area contributed by atoms with Crippen molar-refractivity contribution in [3.05, 3.63) is 72.6 Å². The number of H-pyrrole nitrogens is 2. The molecule has 0 spiro atoms. The van der Waals surface area contributed by atoms with Crippen LogP contribution >= 0.6 is 0 Å². The fourth-order valence-corrected chi connectivity index (χ4v) is 7.70. The second kappa shape index (κ2) is 16.3. The van der Waals surface area contributed by atoms with E-state index < -0.39 is 36.4 Å². The predicted octanol–water partition coefficient (Wildman–Crippen LogP) is 5.45. The largest absolute Gasteiger partial charge is 0.465 e. The quantitative estimate of drug-likeness (QED) is 0.132. The Morgan fingerprint density at radius 3 is 1.87 bits per heavy atom. The molecule has 4 aromatic rings. The van der Waals surface area contributed by atoms with Crippen molar-refractivity contribution in [1.29, 1.82) is 0 Å². The molecule has 292 valence electrons. The van der Waals surface area contributed by atoms with Gasteiger partial charge < -0.3 is 40.0 Å². The molecule has 2 saturated heterocycles. The van der Waals surface area contributed by atoms with E-state index in [0.29, 0.717) is 31.2 Å². The van der Waals surface area contributed by atoms with E-state index in [1.165, 1.54) is 19.1 Å². The van der Waals surface area contributed by atoms with E-state index in [-0.39, 0.29) is 29.7 Å². The SMILES string of the molecule is COC(=O)N[C@H](C(=O)N1CCC[C@H]1c1ncc(-c2ccc(-c3ccc(-c4cnc([C@@H]5C(O)CCN5C(=O)[C@H](C(C)C)N(C)C(=O)O)[nH]4)cc3)cc2)[nH]1)C(C)C. The molecule has 2 aromatic heterocycles. The molecule has 4 heterocycles. The lowest BCUT2D eigenvalue weighted by molar-refractivity contribution is -0.139. The number of methoxy groups -OCH3 is 1. The van der Waals surface area contributed by atoms with Gasteiger partial charge in [0.15, 0.2) is 0 Å². The molecule has 5 atom stereocenters. The number of imidazole rings is 2. The van der Waals surface area contributed by atoms with Crippen LogP contribution in [0.1, 0.15) is 70.7 Å². The Morgan fingerprint density at radius 2 is 1.35 bits per heavy atom. The molecule has 55 heavy (non-hydrogen) atoms. The minimum atomic E-state index is -1.19. The van der Waals surface area contributed by atoms with Gasteiger partial charge in [-0.2, -0.15) is 0 Å². The number of alkyl carbamates (subject to hydrolysis) is 1. The Morgan fingerprint density at radius 1 is 0.800 bits per heavy atom. The second-order valence-electron chi connectivity index (χ2n) is 15.0. The topological polar surface area (TPSA) is 197 Å². The van der Waals surface area contributed by atoms with Gasteiger partial charge in [-0.15, -0.1) is 0 Å². The molecule has 5 N–H and O–H groups in total. The maximum absolute atomic E-state index is 13.6. The number of carbonyl (C=O) groups excluding carboxylic acids is 3. The van der Waals surface area contributed by atoms with Crippen molar-refractivity contribution >= 4 is 24.0 Å². The summed E-state index contributed by atoms with van der Waals surface area (Å²) in [5, 5.41) is 23.2. The maximum atomic E-state index is 13.6. The Bertz CT molecular complexity index is 1990. The first-order valence-corrected chi connectivity index (χ1v) is 18.7. The fourth-order valence-electron chi connectivity index (χ4n) is 7.70. The van der Waals surface area contributed by atoms with Crippen molar-refractivity contribution in [2.45, 2.75) is 77.2 Å². The number of carboxylic acid groups (broad SMARTS) is 1. The molecule has 15 heteroatoms. The third kappa shape index (κ3) is 8.07. The third-order valence-corrected chi connectivity index (χ3v) is 10.7. The Kier molecular flexibility index (Phi) is 11.6. The number of aliphatic hydroxyl groups excluding tert-OH is 1. The second-order valence-corrected chi connectivity index (χ2v) is 15.0. The highest BCUT2D eigenvalue weighted by molar-refractivity contribution is 5.87. The van der Waals surface area contributed by atoms with Crippen molar-refractivity contribution in [3.63, 3.8) is 0 Å².